The highest BCUT2D eigenvalue weighted by molar-refractivity contribution is 7.89. The number of nitrogens with one attached hydrogen (secondary N) is 2. The number of sulfonamides is 1. The highest BCUT2D eigenvalue weighted by Crippen LogP contribution is 2.35. The van der Waals surface area contributed by atoms with Crippen LogP contribution in [-0.4, -0.2) is 33.5 Å². The summed E-state index contributed by atoms with van der Waals surface area (Å²) in [6, 6.07) is 13.8. The Morgan fingerprint density at radius 3 is 2.64 bits per heavy atom. The molecule has 0 bridgehead atoms. The molecule has 1 fully saturated rings. The van der Waals surface area contributed by atoms with Crippen molar-refractivity contribution in [2.24, 2.45) is 5.92 Å². The molecule has 0 saturated carbocycles. The quantitative estimate of drug-likeness (QED) is 0.541. The third kappa shape index (κ3) is 4.49. The molecule has 0 spiro atoms. The molecule has 0 aliphatic carbocycles. The van der Waals surface area contributed by atoms with Gasteiger partial charge in [-0.15, -0.1) is 0 Å². The number of benzene rings is 2. The fourth-order valence-corrected chi connectivity index (χ4v) is 4.15. The number of ether oxygens (including phenoxy) is 1. The van der Waals surface area contributed by atoms with Crippen molar-refractivity contribution < 1.29 is 18.1 Å². The van der Waals surface area contributed by atoms with Crippen LogP contribution in [0, 0.1) is 16.0 Å². The average molecular weight is 405 g/mol. The Balaban J connectivity index is 1.80. The number of nitrogens with zero attached hydrogens (tertiary/aromatic N) is 1. The minimum atomic E-state index is -3.75. The van der Waals surface area contributed by atoms with E-state index in [2.05, 4.69) is 10.0 Å². The van der Waals surface area contributed by atoms with Crippen LogP contribution in [0.5, 0.6) is 0 Å². The van der Waals surface area contributed by atoms with Crippen molar-refractivity contribution in [2.45, 2.75) is 23.8 Å². The molecule has 2 aromatic rings. The third-order valence-corrected chi connectivity index (χ3v) is 6.28. The van der Waals surface area contributed by atoms with Gasteiger partial charge in [-0.2, -0.15) is 0 Å². The second kappa shape index (κ2) is 8.68. The third-order valence-electron chi connectivity index (χ3n) is 4.87. The van der Waals surface area contributed by atoms with E-state index >= 15 is 0 Å². The Morgan fingerprint density at radius 2 is 1.96 bits per heavy atom. The second-order valence-corrected chi connectivity index (χ2v) is 8.52. The molecule has 0 radical (unpaired) electrons. The summed E-state index contributed by atoms with van der Waals surface area (Å²) in [7, 11) is -2.49. The molecule has 1 heterocycles. The maximum absolute atomic E-state index is 11.9. The van der Waals surface area contributed by atoms with Gasteiger partial charge < -0.3 is 10.1 Å². The Hall–Kier alpha value is -2.49. The Morgan fingerprint density at radius 1 is 1.21 bits per heavy atom. The lowest BCUT2D eigenvalue weighted by molar-refractivity contribution is -0.384. The average Bonchev–Trinajstić information content (AvgIpc) is 2.72. The van der Waals surface area contributed by atoms with Crippen LogP contribution in [0.15, 0.2) is 53.4 Å². The first-order chi connectivity index (χ1) is 13.4. The van der Waals surface area contributed by atoms with Crippen molar-refractivity contribution in [3.63, 3.8) is 0 Å². The zero-order valence-corrected chi connectivity index (χ0v) is 16.3. The van der Waals surface area contributed by atoms with Gasteiger partial charge in [0.05, 0.1) is 15.9 Å². The molecular weight excluding hydrogens is 382 g/mol. The summed E-state index contributed by atoms with van der Waals surface area (Å²) in [6.07, 6.45) is 1.79. The van der Waals surface area contributed by atoms with Gasteiger partial charge in [0, 0.05) is 25.1 Å². The number of hydrogen-bond donors (Lipinski definition) is 2. The maximum Gasteiger partial charge on any atom is 0.293 e. The molecule has 28 heavy (non-hydrogen) atoms. The molecule has 150 valence electrons. The normalized spacial score (nSPS) is 19.9. The molecule has 9 heteroatoms. The van der Waals surface area contributed by atoms with Crippen molar-refractivity contribution in [1.29, 1.82) is 0 Å². The molecule has 2 N–H and O–H groups in total. The van der Waals surface area contributed by atoms with Crippen LogP contribution in [0.25, 0.3) is 0 Å². The first-order valence-corrected chi connectivity index (χ1v) is 10.5. The van der Waals surface area contributed by atoms with Gasteiger partial charge >= 0.3 is 0 Å². The molecule has 2 aromatic carbocycles. The fourth-order valence-electron chi connectivity index (χ4n) is 3.40. The van der Waals surface area contributed by atoms with E-state index in [1.807, 2.05) is 30.3 Å². The maximum atomic E-state index is 11.9. The van der Waals surface area contributed by atoms with Gasteiger partial charge in [0.15, 0.2) is 0 Å². The highest BCUT2D eigenvalue weighted by Gasteiger charge is 2.28. The van der Waals surface area contributed by atoms with E-state index < -0.39 is 14.9 Å². The molecule has 1 aliphatic rings. The van der Waals surface area contributed by atoms with E-state index in [9.17, 15) is 18.5 Å². The van der Waals surface area contributed by atoms with Crippen molar-refractivity contribution in [1.82, 2.24) is 4.72 Å². The zero-order chi connectivity index (χ0) is 20.1. The van der Waals surface area contributed by atoms with Crippen molar-refractivity contribution in [3.8, 4) is 0 Å². The van der Waals surface area contributed by atoms with Crippen LogP contribution in [-0.2, 0) is 14.8 Å². The number of anilines is 1. The van der Waals surface area contributed by atoms with Gasteiger partial charge in [0.1, 0.15) is 5.69 Å². The molecule has 8 nitrogen and oxygen atoms in total. The Kier molecular flexibility index (Phi) is 6.28. The van der Waals surface area contributed by atoms with Gasteiger partial charge in [-0.05, 0) is 37.6 Å². The Labute approximate surface area is 164 Å². The monoisotopic (exact) mass is 405 g/mol. The number of nitro groups is 1. The van der Waals surface area contributed by atoms with Gasteiger partial charge in [-0.3, -0.25) is 10.1 Å². The molecule has 0 aromatic heterocycles. The van der Waals surface area contributed by atoms with E-state index in [1.54, 1.807) is 0 Å². The molecule has 1 saturated heterocycles. The summed E-state index contributed by atoms with van der Waals surface area (Å²) >= 11 is 0. The van der Waals surface area contributed by atoms with Gasteiger partial charge in [0.2, 0.25) is 10.0 Å². The lowest BCUT2D eigenvalue weighted by Crippen LogP contribution is -2.28. The lowest BCUT2D eigenvalue weighted by Gasteiger charge is -2.32. The lowest BCUT2D eigenvalue weighted by atomic mass is 9.89. The number of rotatable bonds is 7. The minimum Gasteiger partial charge on any atom is -0.379 e. The van der Waals surface area contributed by atoms with Gasteiger partial charge in [-0.25, -0.2) is 13.1 Å². The molecular formula is C19H23N3O5S. The smallest absolute Gasteiger partial charge is 0.293 e. The van der Waals surface area contributed by atoms with Crippen LogP contribution in [0.2, 0.25) is 0 Å². The molecule has 3 rings (SSSR count). The largest absolute Gasteiger partial charge is 0.379 e. The SMILES string of the molecule is CNS(=O)(=O)c1ccc(NCC2CCCOC2c2ccccc2)c([N+](=O)[O-])c1. The van der Waals surface area contributed by atoms with E-state index in [-0.39, 0.29) is 28.3 Å². The van der Waals surface area contributed by atoms with Crippen LogP contribution in [0.4, 0.5) is 11.4 Å². The van der Waals surface area contributed by atoms with Crippen LogP contribution >= 0.6 is 0 Å². The second-order valence-electron chi connectivity index (χ2n) is 6.63. The Bertz CT molecular complexity index is 934. The zero-order valence-electron chi connectivity index (χ0n) is 15.5. The van der Waals surface area contributed by atoms with Crippen LogP contribution in [0.1, 0.15) is 24.5 Å². The van der Waals surface area contributed by atoms with E-state index in [1.165, 1.54) is 19.2 Å². The fraction of sp³-hybridized carbons (Fsp3) is 0.368. The van der Waals surface area contributed by atoms with E-state index in [0.717, 1.165) is 24.5 Å². The summed E-state index contributed by atoms with van der Waals surface area (Å²) in [6.45, 7) is 1.17. The van der Waals surface area contributed by atoms with Crippen molar-refractivity contribution >= 4 is 21.4 Å². The number of hydrogen-bond acceptors (Lipinski definition) is 6. The summed E-state index contributed by atoms with van der Waals surface area (Å²) < 4.78 is 32.0. The standard InChI is InChI=1S/C19H23N3O5S/c1-20-28(25,26)16-9-10-17(18(12-16)22(23)24)21-13-15-8-5-11-27-19(15)14-6-3-2-4-7-14/h2-4,6-7,9-10,12,15,19-21H,5,8,11,13H2,1H3. The number of nitro benzene ring substituents is 1. The molecule has 0 amide bonds. The summed E-state index contributed by atoms with van der Waals surface area (Å²) in [4.78, 5) is 10.7. The van der Waals surface area contributed by atoms with Gasteiger partial charge in [0.25, 0.3) is 5.69 Å². The summed E-state index contributed by atoms with van der Waals surface area (Å²) in [5.41, 5.74) is 1.10. The van der Waals surface area contributed by atoms with Gasteiger partial charge in [-0.1, -0.05) is 30.3 Å². The first-order valence-electron chi connectivity index (χ1n) is 9.05. The van der Waals surface area contributed by atoms with E-state index in [4.69, 9.17) is 4.74 Å². The van der Waals surface area contributed by atoms with Crippen molar-refractivity contribution in [3.05, 3.63) is 64.2 Å². The molecule has 2 atom stereocenters. The topological polar surface area (TPSA) is 111 Å². The van der Waals surface area contributed by atoms with Crippen LogP contribution in [0.3, 0.4) is 0 Å². The van der Waals surface area contributed by atoms with E-state index in [0.29, 0.717) is 13.2 Å². The highest BCUT2D eigenvalue weighted by atomic mass is 32.2. The first kappa shape index (κ1) is 20.2. The predicted octanol–water partition coefficient (Wildman–Crippen LogP) is 3.08. The van der Waals surface area contributed by atoms with Crippen LogP contribution < -0.4 is 10.0 Å². The summed E-state index contributed by atoms with van der Waals surface area (Å²) in [5, 5.41) is 14.6. The summed E-state index contributed by atoms with van der Waals surface area (Å²) in [5.74, 6) is 0.150. The minimum absolute atomic E-state index is 0.0783. The molecule has 1 aliphatic heterocycles. The predicted molar refractivity (Wildman–Crippen MR) is 106 cm³/mol. The van der Waals surface area contributed by atoms with Crippen molar-refractivity contribution in [2.75, 3.05) is 25.5 Å². The molecule has 2 unspecified atom stereocenters.